The zero-order chi connectivity index (χ0) is 26.0. The number of para-hydroxylation sites is 1. The Balaban J connectivity index is 1.98. The first-order chi connectivity index (χ1) is 17.2. The Kier molecular flexibility index (Phi) is 7.80. The summed E-state index contributed by atoms with van der Waals surface area (Å²) in [5, 5.41) is 0. The van der Waals surface area contributed by atoms with Crippen LogP contribution < -0.4 is 24.4 Å². The molecule has 1 aliphatic heterocycles. The van der Waals surface area contributed by atoms with E-state index in [2.05, 4.69) is 20.9 Å². The van der Waals surface area contributed by atoms with Gasteiger partial charge < -0.3 is 14.2 Å². The minimum atomic E-state index is -0.743. The minimum Gasteiger partial charge on any atom is -0.496 e. The molecule has 2 aromatic carbocycles. The lowest BCUT2D eigenvalue weighted by Crippen LogP contribution is -2.40. The molecule has 1 aromatic heterocycles. The molecule has 7 nitrogen and oxygen atoms in total. The van der Waals surface area contributed by atoms with E-state index >= 15 is 0 Å². The number of aromatic nitrogens is 1. The predicted octanol–water partition coefficient (Wildman–Crippen LogP) is 4.36. The van der Waals surface area contributed by atoms with Crippen LogP contribution in [0.25, 0.3) is 6.08 Å². The van der Waals surface area contributed by atoms with Gasteiger partial charge >= 0.3 is 5.97 Å². The number of hydrogen-bond donors (Lipinski definition) is 0. The molecule has 1 atom stereocenters. The highest BCUT2D eigenvalue weighted by atomic mass is 79.9. The zero-order valence-corrected chi connectivity index (χ0v) is 23.1. The molecule has 0 N–H and O–H groups in total. The molecule has 1 aliphatic rings. The number of benzene rings is 2. The molecule has 36 heavy (non-hydrogen) atoms. The molecule has 3 aromatic rings. The molecular formula is C27H27BrN2O5S. The smallest absolute Gasteiger partial charge is 0.338 e. The molecule has 0 saturated heterocycles. The SMILES string of the molecule is CCOC(=O)C1=C(C)N=c2s/c(=C/c3cc(Br)ccc3OC(C)C)c(=O)n2[C@H]1c1ccccc1OC. The van der Waals surface area contributed by atoms with E-state index in [1.54, 1.807) is 37.7 Å². The van der Waals surface area contributed by atoms with Crippen LogP contribution in [0.4, 0.5) is 0 Å². The third-order valence-corrected chi connectivity index (χ3v) is 7.05. The van der Waals surface area contributed by atoms with E-state index < -0.39 is 12.0 Å². The molecule has 0 radical (unpaired) electrons. The average Bonchev–Trinajstić information content (AvgIpc) is 3.14. The molecule has 0 unspecified atom stereocenters. The second-order valence-electron chi connectivity index (χ2n) is 8.39. The van der Waals surface area contributed by atoms with Crippen molar-refractivity contribution in [1.29, 1.82) is 0 Å². The van der Waals surface area contributed by atoms with Crippen LogP contribution in [-0.4, -0.2) is 30.4 Å². The van der Waals surface area contributed by atoms with Crippen LogP contribution in [0, 0.1) is 0 Å². The first kappa shape index (κ1) is 25.9. The summed E-state index contributed by atoms with van der Waals surface area (Å²) in [5.74, 6) is 0.723. The van der Waals surface area contributed by atoms with Crippen LogP contribution >= 0.6 is 27.3 Å². The lowest BCUT2D eigenvalue weighted by molar-refractivity contribution is -0.139. The van der Waals surface area contributed by atoms with Crippen LogP contribution in [0.2, 0.25) is 0 Å². The van der Waals surface area contributed by atoms with E-state index in [0.717, 1.165) is 10.0 Å². The number of nitrogens with zero attached hydrogens (tertiary/aromatic N) is 2. The second-order valence-corrected chi connectivity index (χ2v) is 10.3. The molecule has 0 bridgehead atoms. The average molecular weight is 571 g/mol. The molecular weight excluding hydrogens is 544 g/mol. The largest absolute Gasteiger partial charge is 0.496 e. The molecule has 0 saturated carbocycles. The Bertz CT molecular complexity index is 1520. The molecule has 2 heterocycles. The number of ether oxygens (including phenoxy) is 3. The van der Waals surface area contributed by atoms with Crippen LogP contribution in [-0.2, 0) is 9.53 Å². The van der Waals surface area contributed by atoms with E-state index in [1.807, 2.05) is 50.2 Å². The highest BCUT2D eigenvalue weighted by Gasteiger charge is 2.35. The van der Waals surface area contributed by atoms with Gasteiger partial charge in [-0.05, 0) is 58.0 Å². The van der Waals surface area contributed by atoms with Gasteiger partial charge in [0.15, 0.2) is 4.80 Å². The van der Waals surface area contributed by atoms with Crippen molar-refractivity contribution in [2.75, 3.05) is 13.7 Å². The van der Waals surface area contributed by atoms with Gasteiger partial charge in [0.05, 0.1) is 35.6 Å². The van der Waals surface area contributed by atoms with Gasteiger partial charge in [-0.25, -0.2) is 9.79 Å². The van der Waals surface area contributed by atoms with Gasteiger partial charge in [-0.15, -0.1) is 0 Å². The molecule has 0 amide bonds. The summed E-state index contributed by atoms with van der Waals surface area (Å²) in [6, 6.07) is 12.3. The number of carbonyl (C=O) groups is 1. The minimum absolute atomic E-state index is 0.0279. The summed E-state index contributed by atoms with van der Waals surface area (Å²) < 4.78 is 19.8. The number of allylic oxidation sites excluding steroid dienone is 1. The van der Waals surface area contributed by atoms with E-state index in [-0.39, 0.29) is 18.3 Å². The Labute approximate surface area is 221 Å². The first-order valence-electron chi connectivity index (χ1n) is 11.5. The van der Waals surface area contributed by atoms with Crippen molar-refractivity contribution in [3.8, 4) is 11.5 Å². The number of fused-ring (bicyclic) bond motifs is 1. The molecule has 4 rings (SSSR count). The lowest BCUT2D eigenvalue weighted by Gasteiger charge is -2.25. The summed E-state index contributed by atoms with van der Waals surface area (Å²) in [7, 11) is 1.56. The van der Waals surface area contributed by atoms with E-state index in [1.165, 1.54) is 11.3 Å². The third kappa shape index (κ3) is 5.03. The van der Waals surface area contributed by atoms with E-state index in [0.29, 0.717) is 37.7 Å². The fourth-order valence-electron chi connectivity index (χ4n) is 4.11. The van der Waals surface area contributed by atoms with Gasteiger partial charge in [-0.3, -0.25) is 9.36 Å². The van der Waals surface area contributed by atoms with Gasteiger partial charge in [-0.1, -0.05) is 45.5 Å². The maximum absolute atomic E-state index is 13.9. The third-order valence-electron chi connectivity index (χ3n) is 5.57. The predicted molar refractivity (Wildman–Crippen MR) is 143 cm³/mol. The molecule has 9 heteroatoms. The number of rotatable bonds is 7. The standard InChI is InChI=1S/C27H27BrN2O5S/c1-6-34-26(32)23-16(4)29-27-30(24(23)19-9-7-8-10-21(19)33-5)25(31)22(36-27)14-17-13-18(28)11-12-20(17)35-15(2)3/h7-15,24H,6H2,1-5H3/b22-14+/t24-/m0/s1. The van der Waals surface area contributed by atoms with Gasteiger partial charge in [0.2, 0.25) is 0 Å². The Morgan fingerprint density at radius 3 is 2.67 bits per heavy atom. The number of methoxy groups -OCH3 is 1. The summed E-state index contributed by atoms with van der Waals surface area (Å²) in [6.45, 7) is 7.62. The van der Waals surface area contributed by atoms with Crippen LogP contribution in [0.5, 0.6) is 11.5 Å². The topological polar surface area (TPSA) is 79.1 Å². The fraction of sp³-hybridized carbons (Fsp3) is 0.296. The molecule has 0 spiro atoms. The van der Waals surface area contributed by atoms with Crippen molar-refractivity contribution in [1.82, 2.24) is 4.57 Å². The van der Waals surface area contributed by atoms with Crippen molar-refractivity contribution in [3.63, 3.8) is 0 Å². The Morgan fingerprint density at radius 1 is 1.22 bits per heavy atom. The summed E-state index contributed by atoms with van der Waals surface area (Å²) in [5.41, 5.74) is 1.99. The number of carbonyl (C=O) groups excluding carboxylic acids is 1. The summed E-state index contributed by atoms with van der Waals surface area (Å²) in [6.07, 6.45) is 1.77. The van der Waals surface area contributed by atoms with Crippen molar-refractivity contribution in [3.05, 3.63) is 89.0 Å². The fourth-order valence-corrected chi connectivity index (χ4v) is 5.53. The highest BCUT2D eigenvalue weighted by Crippen LogP contribution is 2.35. The zero-order valence-electron chi connectivity index (χ0n) is 20.7. The van der Waals surface area contributed by atoms with Gasteiger partial charge in [0, 0.05) is 15.6 Å². The van der Waals surface area contributed by atoms with Gasteiger partial charge in [0.1, 0.15) is 17.5 Å². The normalized spacial score (nSPS) is 15.5. The Hall–Kier alpha value is -3.17. The molecule has 188 valence electrons. The maximum atomic E-state index is 13.9. The number of halogens is 1. The van der Waals surface area contributed by atoms with E-state index in [9.17, 15) is 9.59 Å². The van der Waals surface area contributed by atoms with Crippen LogP contribution in [0.3, 0.4) is 0 Å². The van der Waals surface area contributed by atoms with Crippen LogP contribution in [0.15, 0.2) is 68.0 Å². The Morgan fingerprint density at radius 2 is 1.97 bits per heavy atom. The lowest BCUT2D eigenvalue weighted by atomic mass is 9.95. The quantitative estimate of drug-likeness (QED) is 0.394. The van der Waals surface area contributed by atoms with Crippen molar-refractivity contribution in [2.24, 2.45) is 4.99 Å². The number of thiazole rings is 1. The van der Waals surface area contributed by atoms with E-state index in [4.69, 9.17) is 14.2 Å². The van der Waals surface area contributed by atoms with Crippen molar-refractivity contribution in [2.45, 2.75) is 39.8 Å². The second kappa shape index (κ2) is 10.8. The molecule has 0 fully saturated rings. The van der Waals surface area contributed by atoms with Gasteiger partial charge in [0.25, 0.3) is 5.56 Å². The number of hydrogen-bond acceptors (Lipinski definition) is 7. The summed E-state index contributed by atoms with van der Waals surface area (Å²) in [4.78, 5) is 32.1. The molecule has 0 aliphatic carbocycles. The van der Waals surface area contributed by atoms with Gasteiger partial charge in [-0.2, -0.15) is 0 Å². The summed E-state index contributed by atoms with van der Waals surface area (Å²) >= 11 is 4.77. The van der Waals surface area contributed by atoms with Crippen molar-refractivity contribution < 1.29 is 19.0 Å². The highest BCUT2D eigenvalue weighted by molar-refractivity contribution is 9.10. The monoisotopic (exact) mass is 570 g/mol. The van der Waals surface area contributed by atoms with Crippen LogP contribution in [0.1, 0.15) is 44.9 Å². The van der Waals surface area contributed by atoms with Crippen molar-refractivity contribution >= 4 is 39.3 Å². The maximum Gasteiger partial charge on any atom is 0.338 e. The first-order valence-corrected chi connectivity index (χ1v) is 13.1. The number of esters is 1.